The number of halogens is 4. The van der Waals surface area contributed by atoms with Crippen molar-refractivity contribution in [3.8, 4) is 5.82 Å². The van der Waals surface area contributed by atoms with Crippen LogP contribution >= 0.6 is 15.9 Å². The van der Waals surface area contributed by atoms with Gasteiger partial charge in [0.15, 0.2) is 0 Å². The van der Waals surface area contributed by atoms with Crippen molar-refractivity contribution < 1.29 is 13.2 Å². The zero-order valence-electron chi connectivity index (χ0n) is 7.74. The summed E-state index contributed by atoms with van der Waals surface area (Å²) < 4.78 is 39.7. The van der Waals surface area contributed by atoms with Crippen molar-refractivity contribution in [3.63, 3.8) is 0 Å². The maximum atomic E-state index is 12.7. The minimum atomic E-state index is -4.45. The number of imidazole rings is 1. The lowest BCUT2D eigenvalue weighted by Gasteiger charge is -2.12. The molecule has 84 valence electrons. The Bertz CT molecular complexity index is 493. The van der Waals surface area contributed by atoms with Gasteiger partial charge in [0.2, 0.25) is 0 Å². The molecule has 0 atom stereocenters. The fourth-order valence-corrected chi connectivity index (χ4v) is 1.56. The first kappa shape index (κ1) is 11.1. The van der Waals surface area contributed by atoms with Crippen molar-refractivity contribution in [1.82, 2.24) is 14.5 Å². The lowest BCUT2D eigenvalue weighted by molar-refractivity contribution is -0.137. The van der Waals surface area contributed by atoms with Gasteiger partial charge in [-0.15, -0.1) is 0 Å². The highest BCUT2D eigenvalue weighted by molar-refractivity contribution is 9.10. The van der Waals surface area contributed by atoms with Crippen molar-refractivity contribution in [2.45, 2.75) is 6.18 Å². The van der Waals surface area contributed by atoms with Crippen LogP contribution in [0, 0.1) is 0 Å². The van der Waals surface area contributed by atoms with E-state index in [2.05, 4.69) is 25.9 Å². The Balaban J connectivity index is 2.62. The molecule has 0 aliphatic rings. The monoisotopic (exact) mass is 291 g/mol. The van der Waals surface area contributed by atoms with Crippen molar-refractivity contribution >= 4 is 15.9 Å². The fourth-order valence-electron chi connectivity index (χ4n) is 1.23. The van der Waals surface area contributed by atoms with Crippen LogP contribution < -0.4 is 0 Å². The topological polar surface area (TPSA) is 30.7 Å². The van der Waals surface area contributed by atoms with Crippen LogP contribution in [0.3, 0.4) is 0 Å². The van der Waals surface area contributed by atoms with Gasteiger partial charge >= 0.3 is 6.18 Å². The standard InChI is InChI=1S/C9H5BrF3N3/c10-6-3-7(9(11,12)13)8(15-4-6)16-2-1-14-5-16/h1-5H. The van der Waals surface area contributed by atoms with Crippen LogP contribution in [0.2, 0.25) is 0 Å². The molecule has 0 saturated carbocycles. The van der Waals surface area contributed by atoms with E-state index >= 15 is 0 Å². The Morgan fingerprint density at radius 1 is 1.31 bits per heavy atom. The van der Waals surface area contributed by atoms with Gasteiger partial charge in [0.1, 0.15) is 12.1 Å². The summed E-state index contributed by atoms with van der Waals surface area (Å²) in [7, 11) is 0. The zero-order chi connectivity index (χ0) is 11.8. The van der Waals surface area contributed by atoms with E-state index in [1.54, 1.807) is 0 Å². The molecule has 0 radical (unpaired) electrons. The summed E-state index contributed by atoms with van der Waals surface area (Å²) in [5.41, 5.74) is -0.806. The molecule has 2 rings (SSSR count). The summed E-state index contributed by atoms with van der Waals surface area (Å²) in [6.45, 7) is 0. The van der Waals surface area contributed by atoms with Crippen LogP contribution in [0.5, 0.6) is 0 Å². The van der Waals surface area contributed by atoms with Gasteiger partial charge < -0.3 is 0 Å². The lowest BCUT2D eigenvalue weighted by Crippen LogP contribution is -2.11. The number of hydrogen-bond acceptors (Lipinski definition) is 2. The van der Waals surface area contributed by atoms with E-state index in [-0.39, 0.29) is 10.3 Å². The van der Waals surface area contributed by atoms with E-state index < -0.39 is 11.7 Å². The van der Waals surface area contributed by atoms with Gasteiger partial charge in [-0.1, -0.05) is 0 Å². The minimum Gasteiger partial charge on any atom is -0.290 e. The van der Waals surface area contributed by atoms with Crippen molar-refractivity contribution in [1.29, 1.82) is 0 Å². The zero-order valence-corrected chi connectivity index (χ0v) is 9.33. The first-order valence-corrected chi connectivity index (χ1v) is 4.99. The van der Waals surface area contributed by atoms with E-state index in [0.717, 1.165) is 6.07 Å². The maximum absolute atomic E-state index is 12.7. The number of hydrogen-bond donors (Lipinski definition) is 0. The Morgan fingerprint density at radius 2 is 2.06 bits per heavy atom. The molecule has 2 aromatic rings. The summed E-state index contributed by atoms with van der Waals surface area (Å²) in [6.07, 6.45) is 0.932. The molecule has 0 aromatic carbocycles. The largest absolute Gasteiger partial charge is 0.420 e. The summed E-state index contributed by atoms with van der Waals surface area (Å²) in [5, 5.41) is 0. The molecule has 0 saturated heterocycles. The number of alkyl halides is 3. The molecule has 0 fully saturated rings. The highest BCUT2D eigenvalue weighted by Crippen LogP contribution is 2.34. The molecule has 0 N–H and O–H groups in total. The summed E-state index contributed by atoms with van der Waals surface area (Å²) in [6, 6.07) is 0.988. The SMILES string of the molecule is FC(F)(F)c1cc(Br)cnc1-n1ccnc1. The molecule has 0 amide bonds. The summed E-state index contributed by atoms with van der Waals surface area (Å²) >= 11 is 2.96. The third-order valence-corrected chi connectivity index (χ3v) is 2.32. The number of pyridine rings is 1. The van der Waals surface area contributed by atoms with Crippen molar-refractivity contribution in [2.24, 2.45) is 0 Å². The van der Waals surface area contributed by atoms with Gasteiger partial charge in [0.05, 0.1) is 5.56 Å². The Labute approximate surface area is 97.1 Å². The quantitative estimate of drug-likeness (QED) is 0.808. The van der Waals surface area contributed by atoms with Gasteiger partial charge in [-0.05, 0) is 22.0 Å². The predicted octanol–water partition coefficient (Wildman–Crippen LogP) is 3.05. The number of nitrogens with zero attached hydrogens (tertiary/aromatic N) is 3. The predicted molar refractivity (Wildman–Crippen MR) is 54.1 cm³/mol. The Hall–Kier alpha value is -1.37. The maximum Gasteiger partial charge on any atom is 0.420 e. The smallest absolute Gasteiger partial charge is 0.290 e. The van der Waals surface area contributed by atoms with Crippen LogP contribution in [0.4, 0.5) is 13.2 Å². The van der Waals surface area contributed by atoms with E-state index in [1.807, 2.05) is 0 Å². The molecule has 0 unspecified atom stereocenters. The molecule has 7 heteroatoms. The van der Waals surface area contributed by atoms with E-state index in [9.17, 15) is 13.2 Å². The second-order valence-corrected chi connectivity index (χ2v) is 3.91. The van der Waals surface area contributed by atoms with Gasteiger partial charge in [-0.25, -0.2) is 9.97 Å². The van der Waals surface area contributed by atoms with Crippen molar-refractivity contribution in [3.05, 3.63) is 41.0 Å². The van der Waals surface area contributed by atoms with Gasteiger partial charge in [0.25, 0.3) is 0 Å². The first-order valence-electron chi connectivity index (χ1n) is 4.19. The molecule has 3 nitrogen and oxygen atoms in total. The molecule has 0 spiro atoms. The van der Waals surface area contributed by atoms with Gasteiger partial charge in [0, 0.05) is 23.1 Å². The van der Waals surface area contributed by atoms with E-state index in [1.165, 1.54) is 29.5 Å². The molecule has 2 heterocycles. The average molecular weight is 292 g/mol. The molecular weight excluding hydrogens is 287 g/mol. The molecular formula is C9H5BrF3N3. The minimum absolute atomic E-state index is 0.187. The molecule has 16 heavy (non-hydrogen) atoms. The molecule has 2 aromatic heterocycles. The third-order valence-electron chi connectivity index (χ3n) is 1.89. The summed E-state index contributed by atoms with van der Waals surface area (Å²) in [4.78, 5) is 7.43. The second-order valence-electron chi connectivity index (χ2n) is 2.99. The van der Waals surface area contributed by atoms with Crippen LogP contribution in [0.1, 0.15) is 5.56 Å². The number of rotatable bonds is 1. The highest BCUT2D eigenvalue weighted by atomic mass is 79.9. The average Bonchev–Trinajstić information content (AvgIpc) is 2.69. The Kier molecular flexibility index (Phi) is 2.71. The van der Waals surface area contributed by atoms with Crippen LogP contribution in [0.15, 0.2) is 35.5 Å². The Morgan fingerprint density at radius 3 is 2.62 bits per heavy atom. The normalized spacial score (nSPS) is 11.8. The molecule has 0 aliphatic carbocycles. The highest BCUT2D eigenvalue weighted by Gasteiger charge is 2.35. The fraction of sp³-hybridized carbons (Fsp3) is 0.111. The number of aromatic nitrogens is 3. The molecule has 0 aliphatic heterocycles. The third kappa shape index (κ3) is 2.08. The first-order chi connectivity index (χ1) is 7.48. The van der Waals surface area contributed by atoms with Gasteiger partial charge in [-0.2, -0.15) is 13.2 Å². The van der Waals surface area contributed by atoms with Gasteiger partial charge in [-0.3, -0.25) is 4.57 Å². The van der Waals surface area contributed by atoms with Crippen LogP contribution in [0.25, 0.3) is 5.82 Å². The lowest BCUT2D eigenvalue weighted by atomic mass is 10.2. The van der Waals surface area contributed by atoms with E-state index in [0.29, 0.717) is 0 Å². The second kappa shape index (κ2) is 3.89. The summed E-state index contributed by atoms with van der Waals surface area (Å²) in [5.74, 6) is -0.187. The van der Waals surface area contributed by atoms with Crippen LogP contribution in [-0.2, 0) is 6.18 Å². The van der Waals surface area contributed by atoms with Crippen molar-refractivity contribution in [2.75, 3.05) is 0 Å². The van der Waals surface area contributed by atoms with Crippen LogP contribution in [-0.4, -0.2) is 14.5 Å². The van der Waals surface area contributed by atoms with E-state index in [4.69, 9.17) is 0 Å². The molecule has 0 bridgehead atoms.